The molecule has 0 saturated carbocycles. The third-order valence-corrected chi connectivity index (χ3v) is 1.81. The predicted molar refractivity (Wildman–Crippen MR) is 53.3 cm³/mol. The van der Waals surface area contributed by atoms with Crippen molar-refractivity contribution in [3.05, 3.63) is 59.5 Å². The second-order valence-electron chi connectivity index (χ2n) is 2.87. The Labute approximate surface area is 85.6 Å². The quantitative estimate of drug-likeness (QED) is 0.734. The Kier molecular flexibility index (Phi) is 2.58. The average Bonchev–Trinajstić information content (AvgIpc) is 2.25. The highest BCUT2D eigenvalue weighted by molar-refractivity contribution is 5.63. The van der Waals surface area contributed by atoms with E-state index in [9.17, 15) is 8.78 Å². The molecule has 15 heavy (non-hydrogen) atoms. The molecule has 0 saturated heterocycles. The monoisotopic (exact) mass is 205 g/mol. The van der Waals surface area contributed by atoms with E-state index in [0.717, 1.165) is 12.1 Å². The number of hydrogen-bond donors (Lipinski definition) is 0. The highest BCUT2D eigenvalue weighted by Gasteiger charge is 2.02. The van der Waals surface area contributed by atoms with Crippen LogP contribution in [-0.4, -0.2) is 4.98 Å². The van der Waals surface area contributed by atoms with Crippen molar-refractivity contribution in [3.63, 3.8) is 0 Å². The van der Waals surface area contributed by atoms with Crippen LogP contribution < -0.4 is 0 Å². The lowest BCUT2D eigenvalue weighted by atomic mass is 10.3. The van der Waals surface area contributed by atoms with Gasteiger partial charge in [-0.25, -0.2) is 8.78 Å². The van der Waals surface area contributed by atoms with Crippen LogP contribution in [0.25, 0.3) is 5.32 Å². The van der Waals surface area contributed by atoms with Crippen LogP contribution in [0.15, 0.2) is 42.6 Å². The van der Waals surface area contributed by atoms with E-state index >= 15 is 0 Å². The van der Waals surface area contributed by atoms with E-state index in [1.807, 2.05) is 0 Å². The second kappa shape index (κ2) is 4.04. The molecule has 2 rings (SSSR count). The maximum absolute atomic E-state index is 13.2. The van der Waals surface area contributed by atoms with Crippen LogP contribution in [0.4, 0.5) is 20.3 Å². The summed E-state index contributed by atoms with van der Waals surface area (Å²) in [6.07, 6.45) is 1.51. The van der Waals surface area contributed by atoms with Gasteiger partial charge in [0.15, 0.2) is 0 Å². The molecule has 1 aromatic carbocycles. The lowest BCUT2D eigenvalue weighted by molar-refractivity contribution is 0.592. The van der Waals surface area contributed by atoms with Gasteiger partial charge in [-0.1, -0.05) is 36.3 Å². The zero-order valence-electron chi connectivity index (χ0n) is 7.69. The number of para-hydroxylation sites is 1. The number of pyridine rings is 1. The molecule has 0 atom stereocenters. The van der Waals surface area contributed by atoms with Gasteiger partial charge in [0, 0.05) is 5.69 Å². The number of benzene rings is 1. The third-order valence-electron chi connectivity index (χ3n) is 1.81. The van der Waals surface area contributed by atoms with Gasteiger partial charge in [0.25, 0.3) is 0 Å². The number of hydrogen-bond acceptors (Lipinski definition) is 1. The minimum Gasteiger partial charge on any atom is -0.443 e. The molecular formula is C11H7F2N2-. The molecule has 0 aliphatic carbocycles. The van der Waals surface area contributed by atoms with Crippen molar-refractivity contribution in [1.29, 1.82) is 0 Å². The predicted octanol–water partition coefficient (Wildman–Crippen LogP) is 3.70. The number of nitrogens with zero attached hydrogens (tertiary/aromatic N) is 2. The van der Waals surface area contributed by atoms with Gasteiger partial charge in [0.2, 0.25) is 0 Å². The normalized spacial score (nSPS) is 10.0. The van der Waals surface area contributed by atoms with Crippen molar-refractivity contribution in [1.82, 2.24) is 4.98 Å². The Bertz CT molecular complexity index is 437. The zero-order chi connectivity index (χ0) is 10.7. The molecule has 0 bridgehead atoms. The Morgan fingerprint density at radius 1 is 0.933 bits per heavy atom. The van der Waals surface area contributed by atoms with E-state index in [-0.39, 0.29) is 11.5 Å². The topological polar surface area (TPSA) is 27.0 Å². The van der Waals surface area contributed by atoms with E-state index in [1.54, 1.807) is 18.2 Å². The largest absolute Gasteiger partial charge is 0.443 e. The van der Waals surface area contributed by atoms with Crippen LogP contribution >= 0.6 is 0 Å². The molecule has 0 N–H and O–H groups in total. The Morgan fingerprint density at radius 2 is 1.67 bits per heavy atom. The van der Waals surface area contributed by atoms with Crippen LogP contribution in [0.2, 0.25) is 0 Å². The first-order chi connectivity index (χ1) is 7.27. The summed E-state index contributed by atoms with van der Waals surface area (Å²) in [6, 6.07) is 8.59. The molecule has 0 unspecified atom stereocenters. The van der Waals surface area contributed by atoms with Gasteiger partial charge >= 0.3 is 0 Å². The molecule has 0 spiro atoms. The molecule has 1 heterocycles. The molecule has 0 fully saturated rings. The van der Waals surface area contributed by atoms with Gasteiger partial charge < -0.3 is 10.3 Å². The van der Waals surface area contributed by atoms with E-state index in [0.29, 0.717) is 0 Å². The summed E-state index contributed by atoms with van der Waals surface area (Å²) in [5.74, 6) is -1.11. The highest BCUT2D eigenvalue weighted by atomic mass is 19.1. The summed E-state index contributed by atoms with van der Waals surface area (Å²) < 4.78 is 26.3. The zero-order valence-corrected chi connectivity index (χ0v) is 7.69. The van der Waals surface area contributed by atoms with Crippen molar-refractivity contribution in [2.24, 2.45) is 0 Å². The fourth-order valence-corrected chi connectivity index (χ4v) is 1.13. The van der Waals surface area contributed by atoms with Gasteiger partial charge in [0.1, 0.15) is 11.6 Å². The first-order valence-corrected chi connectivity index (χ1v) is 4.34. The van der Waals surface area contributed by atoms with Crippen molar-refractivity contribution in [2.75, 3.05) is 0 Å². The SMILES string of the molecule is Fc1cccc(F)c1[N-]c1ccccn1. The summed E-state index contributed by atoms with van der Waals surface area (Å²) in [5, 5.41) is 3.78. The van der Waals surface area contributed by atoms with Crippen molar-refractivity contribution in [3.8, 4) is 0 Å². The first kappa shape index (κ1) is 9.58. The minimum atomic E-state index is -0.694. The fourth-order valence-electron chi connectivity index (χ4n) is 1.13. The van der Waals surface area contributed by atoms with Crippen LogP contribution in [0, 0.1) is 11.6 Å². The molecular weight excluding hydrogens is 198 g/mol. The standard InChI is InChI=1S/C11H7F2N2/c12-8-4-3-5-9(13)11(8)15-10-6-1-2-7-14-10/h1-7H/q-1. The number of rotatable bonds is 2. The Balaban J connectivity index is 2.32. The van der Waals surface area contributed by atoms with E-state index < -0.39 is 11.6 Å². The molecule has 2 aromatic rings. The van der Waals surface area contributed by atoms with Crippen LogP contribution in [0.3, 0.4) is 0 Å². The van der Waals surface area contributed by atoms with Gasteiger partial charge in [-0.05, 0) is 12.1 Å². The summed E-state index contributed by atoms with van der Waals surface area (Å²) in [4.78, 5) is 3.86. The van der Waals surface area contributed by atoms with E-state index in [4.69, 9.17) is 0 Å². The smallest absolute Gasteiger partial charge is 0.129 e. The summed E-state index contributed by atoms with van der Waals surface area (Å²) in [5.41, 5.74) is -0.309. The highest BCUT2D eigenvalue weighted by Crippen LogP contribution is 2.32. The fraction of sp³-hybridized carbons (Fsp3) is 0. The molecule has 76 valence electrons. The van der Waals surface area contributed by atoms with Gasteiger partial charge in [0.05, 0.1) is 0 Å². The van der Waals surface area contributed by atoms with Crippen LogP contribution in [0.1, 0.15) is 0 Å². The van der Waals surface area contributed by atoms with Crippen LogP contribution in [0.5, 0.6) is 0 Å². The lowest BCUT2D eigenvalue weighted by Crippen LogP contribution is -1.83. The van der Waals surface area contributed by atoms with Crippen molar-refractivity contribution in [2.45, 2.75) is 0 Å². The molecule has 0 amide bonds. The molecule has 0 aliphatic rings. The maximum atomic E-state index is 13.2. The third kappa shape index (κ3) is 2.10. The van der Waals surface area contributed by atoms with Crippen molar-refractivity contribution < 1.29 is 8.78 Å². The van der Waals surface area contributed by atoms with Gasteiger partial charge in [-0.3, -0.25) is 0 Å². The number of halogens is 2. The average molecular weight is 205 g/mol. The van der Waals surface area contributed by atoms with Crippen LogP contribution in [-0.2, 0) is 0 Å². The Morgan fingerprint density at radius 3 is 2.27 bits per heavy atom. The second-order valence-corrected chi connectivity index (χ2v) is 2.87. The summed E-state index contributed by atoms with van der Waals surface area (Å²) in [6.45, 7) is 0. The minimum absolute atomic E-state index is 0.279. The summed E-state index contributed by atoms with van der Waals surface area (Å²) >= 11 is 0. The summed E-state index contributed by atoms with van der Waals surface area (Å²) in [7, 11) is 0. The molecule has 4 heteroatoms. The molecule has 1 aromatic heterocycles. The number of aromatic nitrogens is 1. The lowest BCUT2D eigenvalue weighted by Gasteiger charge is -2.15. The van der Waals surface area contributed by atoms with Gasteiger partial charge in [-0.15, -0.1) is 0 Å². The van der Waals surface area contributed by atoms with Gasteiger partial charge in [-0.2, -0.15) is 0 Å². The molecule has 0 radical (unpaired) electrons. The molecule has 2 nitrogen and oxygen atoms in total. The van der Waals surface area contributed by atoms with E-state index in [2.05, 4.69) is 10.3 Å². The molecule has 0 aliphatic heterocycles. The maximum Gasteiger partial charge on any atom is 0.129 e. The first-order valence-electron chi connectivity index (χ1n) is 4.34. The van der Waals surface area contributed by atoms with E-state index in [1.165, 1.54) is 12.3 Å². The Hall–Kier alpha value is -1.97. The van der Waals surface area contributed by atoms with Crippen molar-refractivity contribution >= 4 is 11.5 Å².